The Morgan fingerprint density at radius 1 is 1.27 bits per heavy atom. The average molecular weight is 361 g/mol. The third-order valence-electron chi connectivity index (χ3n) is 4.86. The Labute approximate surface area is 151 Å². The second-order valence-electron chi connectivity index (χ2n) is 6.56. The molecule has 1 aliphatic rings. The van der Waals surface area contributed by atoms with Crippen molar-refractivity contribution in [3.63, 3.8) is 0 Å². The summed E-state index contributed by atoms with van der Waals surface area (Å²) in [5.74, 6) is 0.707. The number of carbonyl (C=O) groups is 1. The van der Waals surface area contributed by atoms with Gasteiger partial charge in [-0.2, -0.15) is 5.10 Å². The molecule has 1 saturated heterocycles. The van der Waals surface area contributed by atoms with E-state index in [-0.39, 0.29) is 23.5 Å². The Morgan fingerprint density at radius 3 is 2.54 bits per heavy atom. The summed E-state index contributed by atoms with van der Waals surface area (Å²) in [6, 6.07) is 5.96. The molecular formula is C18H24FN5O2. The normalized spacial score (nSPS) is 15.3. The maximum Gasteiger partial charge on any atom is 0.345 e. The van der Waals surface area contributed by atoms with Crippen molar-refractivity contribution in [2.45, 2.75) is 38.8 Å². The largest absolute Gasteiger partial charge is 0.345 e. The van der Waals surface area contributed by atoms with Crippen LogP contribution in [0.5, 0.6) is 0 Å². The SMILES string of the molecule is CCn1c(C2CCN(C(=O)NCc3ccc(F)cc3)CC2)nn(C)c1=O. The van der Waals surface area contributed by atoms with Crippen molar-refractivity contribution in [2.24, 2.45) is 7.05 Å². The zero-order valence-corrected chi connectivity index (χ0v) is 15.1. The maximum absolute atomic E-state index is 12.9. The van der Waals surface area contributed by atoms with Crippen molar-refractivity contribution in [1.29, 1.82) is 0 Å². The number of aromatic nitrogens is 3. The molecule has 26 heavy (non-hydrogen) atoms. The predicted molar refractivity (Wildman–Crippen MR) is 95.3 cm³/mol. The van der Waals surface area contributed by atoms with Gasteiger partial charge in [0.15, 0.2) is 0 Å². The number of aryl methyl sites for hydroxylation is 1. The number of hydrogen-bond donors (Lipinski definition) is 1. The van der Waals surface area contributed by atoms with Gasteiger partial charge in [-0.1, -0.05) is 12.1 Å². The first kappa shape index (κ1) is 18.2. The van der Waals surface area contributed by atoms with Crippen LogP contribution in [0.2, 0.25) is 0 Å². The molecule has 0 unspecified atom stereocenters. The van der Waals surface area contributed by atoms with Crippen LogP contribution in [0.25, 0.3) is 0 Å². The van der Waals surface area contributed by atoms with Gasteiger partial charge in [-0.25, -0.2) is 18.7 Å². The molecule has 8 heteroatoms. The summed E-state index contributed by atoms with van der Waals surface area (Å²) in [6.07, 6.45) is 1.56. The smallest absolute Gasteiger partial charge is 0.334 e. The van der Waals surface area contributed by atoms with Crippen molar-refractivity contribution >= 4 is 6.03 Å². The first-order chi connectivity index (χ1) is 12.5. The van der Waals surface area contributed by atoms with E-state index in [1.165, 1.54) is 16.8 Å². The summed E-state index contributed by atoms with van der Waals surface area (Å²) < 4.78 is 16.0. The van der Waals surface area contributed by atoms with E-state index in [0.29, 0.717) is 26.2 Å². The summed E-state index contributed by atoms with van der Waals surface area (Å²) in [5, 5.41) is 7.24. The zero-order valence-electron chi connectivity index (χ0n) is 15.1. The molecule has 2 aromatic rings. The number of amides is 2. The Morgan fingerprint density at radius 2 is 1.92 bits per heavy atom. The minimum absolute atomic E-state index is 0.0954. The van der Waals surface area contributed by atoms with Crippen molar-refractivity contribution in [3.05, 3.63) is 52.0 Å². The molecule has 1 aliphatic heterocycles. The second kappa shape index (κ2) is 7.72. The van der Waals surface area contributed by atoms with E-state index in [2.05, 4.69) is 10.4 Å². The van der Waals surface area contributed by atoms with Gasteiger partial charge in [0.25, 0.3) is 0 Å². The molecule has 1 fully saturated rings. The summed E-state index contributed by atoms with van der Waals surface area (Å²) in [7, 11) is 1.66. The highest BCUT2D eigenvalue weighted by atomic mass is 19.1. The van der Waals surface area contributed by atoms with Crippen LogP contribution in [-0.2, 0) is 20.1 Å². The third-order valence-corrected chi connectivity index (χ3v) is 4.86. The van der Waals surface area contributed by atoms with E-state index < -0.39 is 0 Å². The van der Waals surface area contributed by atoms with E-state index in [4.69, 9.17) is 0 Å². The standard InChI is InChI=1S/C18H24FN5O2/c1-3-24-16(21-22(2)18(24)26)14-8-10-23(11-9-14)17(25)20-12-13-4-6-15(19)7-5-13/h4-7,14H,3,8-12H2,1-2H3,(H,20,25). The van der Waals surface area contributed by atoms with Gasteiger partial charge in [-0.15, -0.1) is 0 Å². The lowest BCUT2D eigenvalue weighted by molar-refractivity contribution is 0.179. The van der Waals surface area contributed by atoms with Gasteiger partial charge in [0, 0.05) is 39.1 Å². The number of nitrogens with one attached hydrogen (secondary N) is 1. The van der Waals surface area contributed by atoms with Crippen molar-refractivity contribution < 1.29 is 9.18 Å². The minimum atomic E-state index is -0.290. The lowest BCUT2D eigenvalue weighted by Gasteiger charge is -2.31. The molecule has 1 aromatic heterocycles. The Bertz CT molecular complexity index is 819. The predicted octanol–water partition coefficient (Wildman–Crippen LogP) is 1.83. The van der Waals surface area contributed by atoms with Crippen LogP contribution in [-0.4, -0.2) is 38.4 Å². The van der Waals surface area contributed by atoms with E-state index in [1.807, 2.05) is 6.92 Å². The molecule has 0 spiro atoms. The van der Waals surface area contributed by atoms with Crippen molar-refractivity contribution in [1.82, 2.24) is 24.6 Å². The summed E-state index contributed by atoms with van der Waals surface area (Å²) >= 11 is 0. The topological polar surface area (TPSA) is 72.2 Å². The summed E-state index contributed by atoms with van der Waals surface area (Å²) in [4.78, 5) is 26.1. The minimum Gasteiger partial charge on any atom is -0.334 e. The van der Waals surface area contributed by atoms with Crippen LogP contribution in [0.15, 0.2) is 29.1 Å². The fourth-order valence-electron chi connectivity index (χ4n) is 3.35. The summed E-state index contributed by atoms with van der Waals surface area (Å²) in [6.45, 7) is 4.14. The lowest BCUT2D eigenvalue weighted by Crippen LogP contribution is -2.44. The maximum atomic E-state index is 12.9. The van der Waals surface area contributed by atoms with E-state index in [1.54, 1.807) is 28.6 Å². The lowest BCUT2D eigenvalue weighted by atomic mass is 9.96. The number of carbonyl (C=O) groups excluding carboxylic acids is 1. The number of benzene rings is 1. The first-order valence-corrected chi connectivity index (χ1v) is 8.90. The van der Waals surface area contributed by atoms with Crippen LogP contribution in [0, 0.1) is 5.82 Å². The second-order valence-corrected chi connectivity index (χ2v) is 6.56. The van der Waals surface area contributed by atoms with E-state index >= 15 is 0 Å². The number of urea groups is 1. The average Bonchev–Trinajstić information content (AvgIpc) is 2.95. The molecule has 0 saturated carbocycles. The van der Waals surface area contributed by atoms with Crippen LogP contribution in [0.1, 0.15) is 37.1 Å². The third kappa shape index (κ3) is 3.79. The molecule has 140 valence electrons. The highest BCUT2D eigenvalue weighted by Crippen LogP contribution is 2.26. The quantitative estimate of drug-likeness (QED) is 0.903. The summed E-state index contributed by atoms with van der Waals surface area (Å²) in [5.41, 5.74) is 0.761. The van der Waals surface area contributed by atoms with Crippen LogP contribution >= 0.6 is 0 Å². The highest BCUT2D eigenvalue weighted by molar-refractivity contribution is 5.74. The fourth-order valence-corrected chi connectivity index (χ4v) is 3.35. The monoisotopic (exact) mass is 361 g/mol. The van der Waals surface area contributed by atoms with Gasteiger partial charge in [-0.05, 0) is 37.5 Å². The van der Waals surface area contributed by atoms with E-state index in [0.717, 1.165) is 24.2 Å². The van der Waals surface area contributed by atoms with Gasteiger partial charge in [0.05, 0.1) is 0 Å². The van der Waals surface area contributed by atoms with Gasteiger partial charge >= 0.3 is 11.7 Å². The van der Waals surface area contributed by atoms with Crippen molar-refractivity contribution in [3.8, 4) is 0 Å². The molecule has 1 N–H and O–H groups in total. The van der Waals surface area contributed by atoms with Crippen LogP contribution in [0.3, 0.4) is 0 Å². The molecule has 1 aromatic carbocycles. The van der Waals surface area contributed by atoms with Gasteiger partial charge in [-0.3, -0.25) is 4.57 Å². The Kier molecular flexibility index (Phi) is 5.39. The van der Waals surface area contributed by atoms with Gasteiger partial charge in [0.1, 0.15) is 11.6 Å². The number of halogens is 1. The van der Waals surface area contributed by atoms with Crippen LogP contribution in [0.4, 0.5) is 9.18 Å². The Balaban J connectivity index is 1.55. The zero-order chi connectivity index (χ0) is 18.7. The van der Waals surface area contributed by atoms with E-state index in [9.17, 15) is 14.0 Å². The van der Waals surface area contributed by atoms with Gasteiger partial charge in [0.2, 0.25) is 0 Å². The molecule has 3 rings (SSSR count). The van der Waals surface area contributed by atoms with Crippen LogP contribution < -0.4 is 11.0 Å². The molecule has 2 amide bonds. The fraction of sp³-hybridized carbons (Fsp3) is 0.500. The first-order valence-electron chi connectivity index (χ1n) is 8.90. The van der Waals surface area contributed by atoms with Gasteiger partial charge < -0.3 is 10.2 Å². The molecule has 0 aliphatic carbocycles. The number of piperidine rings is 1. The molecule has 0 atom stereocenters. The highest BCUT2D eigenvalue weighted by Gasteiger charge is 2.27. The molecule has 0 bridgehead atoms. The number of hydrogen-bond acceptors (Lipinski definition) is 3. The molecule has 2 heterocycles. The number of rotatable bonds is 4. The number of likely N-dealkylation sites (tertiary alicyclic amines) is 1. The van der Waals surface area contributed by atoms with Crippen molar-refractivity contribution in [2.75, 3.05) is 13.1 Å². The number of nitrogens with zero attached hydrogens (tertiary/aromatic N) is 4. The molecule has 0 radical (unpaired) electrons. The molecular weight excluding hydrogens is 337 g/mol. The molecule has 7 nitrogen and oxygen atoms in total. The Hall–Kier alpha value is -2.64.